The molecule has 2 aliphatic rings. The van der Waals surface area contributed by atoms with Crippen LogP contribution in [0.25, 0.3) is 23.8 Å². The van der Waals surface area contributed by atoms with E-state index in [9.17, 15) is 0 Å². The molecule has 0 aromatic heterocycles. The van der Waals surface area contributed by atoms with Crippen LogP contribution < -0.4 is 0 Å². The molecular formula is C83H112. The van der Waals surface area contributed by atoms with Crippen LogP contribution in [0.1, 0.15) is 274 Å². The van der Waals surface area contributed by atoms with E-state index >= 15 is 0 Å². The molecule has 0 spiro atoms. The van der Waals surface area contributed by atoms with Gasteiger partial charge in [-0.1, -0.05) is 284 Å². The first-order valence-corrected chi connectivity index (χ1v) is 32.1. The average molecular weight is 1110 g/mol. The Balaban J connectivity index is 0.000000262. The number of rotatable bonds is 21. The average Bonchev–Trinajstić information content (AvgIpc) is 4.04. The lowest BCUT2D eigenvalue weighted by Gasteiger charge is -2.19. The van der Waals surface area contributed by atoms with E-state index in [4.69, 9.17) is 0 Å². The fourth-order valence-corrected chi connectivity index (χ4v) is 9.94. The fourth-order valence-electron chi connectivity index (χ4n) is 9.94. The topological polar surface area (TPSA) is 0 Å². The van der Waals surface area contributed by atoms with Gasteiger partial charge in [-0.15, -0.1) is 13.2 Å². The van der Waals surface area contributed by atoms with Crippen molar-refractivity contribution >= 4 is 23.8 Å². The first kappa shape index (κ1) is 70.8. The Kier molecular flexibility index (Phi) is 34.0. The van der Waals surface area contributed by atoms with Crippen LogP contribution in [0.3, 0.4) is 0 Å². The third kappa shape index (κ3) is 25.1. The second-order valence-electron chi connectivity index (χ2n) is 23.6. The second-order valence-corrected chi connectivity index (χ2v) is 23.6. The smallest absolute Gasteiger partial charge is 0.00881 e. The molecule has 6 aromatic carbocycles. The number of aryl methyl sites for hydroxylation is 1. The quantitative estimate of drug-likeness (QED) is 0.0630. The van der Waals surface area contributed by atoms with Gasteiger partial charge >= 0.3 is 0 Å². The summed E-state index contributed by atoms with van der Waals surface area (Å²) in [6, 6.07) is 49.3. The third-order valence-corrected chi connectivity index (χ3v) is 17.4. The standard InChI is InChI=1S/C16H22.C14H18.C14H20.C13H16.2C13H18/c1-3-13(2)14-9-11-16(12-10-14)15-7-5-4-6-8-15;1-5-11(4)14-9-12(6-2)8-13(7-3)10-14;1-4-6-7-13-8-10-14(11-9-13)12(3)5-2;1-3-10(2)12-8-7-11-5-4-6-13(11)9-12;1-5-11(4)13-8-6-12(7-9-13)10(2)3;1-4-6-12-7-9-13(10-8-12)11(3)5-2/h4-5,9-13,15H,3,6-8H2,1-2H3;6-11H,2-3,5H2,1,4H3;4,8-12H,1,5-7H2,2-3H3;4-5,7-10H,3,6H2,1-2H3;6-9,11H,2,5H2,1,3-4H3;4,7-11H,1,5-6H2,2-3H3. The van der Waals surface area contributed by atoms with Gasteiger partial charge in [-0.05, 0) is 216 Å². The molecule has 7 unspecified atom stereocenters. The predicted molar refractivity (Wildman–Crippen MR) is 377 cm³/mol. The lowest BCUT2D eigenvalue weighted by Crippen LogP contribution is -2.01. The summed E-state index contributed by atoms with van der Waals surface area (Å²) in [6.45, 7) is 48.1. The molecular weight excluding hydrogens is 997 g/mol. The zero-order valence-corrected chi connectivity index (χ0v) is 54.6. The maximum Gasteiger partial charge on any atom is -0.00881 e. The summed E-state index contributed by atoms with van der Waals surface area (Å²) in [5, 5.41) is 0. The molecule has 7 atom stereocenters. The summed E-state index contributed by atoms with van der Waals surface area (Å²) < 4.78 is 0. The van der Waals surface area contributed by atoms with Crippen LogP contribution >= 0.6 is 0 Å². The molecule has 0 N–H and O–H groups in total. The number of fused-ring (bicyclic) bond motifs is 1. The first-order chi connectivity index (χ1) is 40.0. The lowest BCUT2D eigenvalue weighted by molar-refractivity contribution is 0.616. The molecule has 0 heteroatoms. The van der Waals surface area contributed by atoms with Gasteiger partial charge in [0.2, 0.25) is 0 Å². The molecule has 8 rings (SSSR count). The van der Waals surface area contributed by atoms with Crippen molar-refractivity contribution in [2.45, 2.75) is 215 Å². The monoisotopic (exact) mass is 1110 g/mol. The van der Waals surface area contributed by atoms with E-state index in [0.717, 1.165) is 43.6 Å². The van der Waals surface area contributed by atoms with Crippen LogP contribution in [-0.2, 0) is 19.3 Å². The molecule has 0 aliphatic heterocycles. The Morgan fingerprint density at radius 1 is 0.470 bits per heavy atom. The Bertz CT molecular complexity index is 2810. The van der Waals surface area contributed by atoms with Gasteiger partial charge in [0.05, 0.1) is 0 Å². The summed E-state index contributed by atoms with van der Waals surface area (Å²) in [4.78, 5) is 0. The Labute approximate surface area is 510 Å². The molecule has 0 heterocycles. The summed E-state index contributed by atoms with van der Waals surface area (Å²) in [5.74, 6) is 4.79. The molecule has 6 aromatic rings. The van der Waals surface area contributed by atoms with Crippen LogP contribution in [0.5, 0.6) is 0 Å². The van der Waals surface area contributed by atoms with Gasteiger partial charge in [-0.3, -0.25) is 0 Å². The summed E-state index contributed by atoms with van der Waals surface area (Å²) in [5.41, 5.74) is 20.6. The second kappa shape index (κ2) is 39.9. The fraction of sp³-hybridized carbons (Fsp3) is 0.398. The number of allylic oxidation sites excluding steroid dienone is 6. The first-order valence-electron chi connectivity index (χ1n) is 32.1. The highest BCUT2D eigenvalue weighted by Gasteiger charge is 2.13. The van der Waals surface area contributed by atoms with Crippen LogP contribution in [0.2, 0.25) is 0 Å². The predicted octanol–water partition coefficient (Wildman–Crippen LogP) is 25.8. The molecule has 0 nitrogen and oxygen atoms in total. The van der Waals surface area contributed by atoms with Gasteiger partial charge in [0, 0.05) is 0 Å². The van der Waals surface area contributed by atoms with Crippen molar-refractivity contribution in [2.75, 3.05) is 0 Å². The van der Waals surface area contributed by atoms with Crippen molar-refractivity contribution in [3.8, 4) is 0 Å². The zero-order valence-electron chi connectivity index (χ0n) is 54.6. The molecule has 0 bridgehead atoms. The van der Waals surface area contributed by atoms with Crippen molar-refractivity contribution < 1.29 is 0 Å². The van der Waals surface area contributed by atoms with E-state index in [0.29, 0.717) is 35.5 Å². The highest BCUT2D eigenvalue weighted by Crippen LogP contribution is 2.31. The van der Waals surface area contributed by atoms with E-state index < -0.39 is 0 Å². The molecule has 2 aliphatic carbocycles. The normalized spacial score (nSPS) is 14.8. The van der Waals surface area contributed by atoms with Gasteiger partial charge in [0.25, 0.3) is 0 Å². The van der Waals surface area contributed by atoms with Crippen molar-refractivity contribution in [2.24, 2.45) is 0 Å². The minimum atomic E-state index is 0.605. The van der Waals surface area contributed by atoms with Crippen molar-refractivity contribution in [3.63, 3.8) is 0 Å². The maximum atomic E-state index is 3.92. The van der Waals surface area contributed by atoms with E-state index in [-0.39, 0.29) is 0 Å². The highest BCUT2D eigenvalue weighted by molar-refractivity contribution is 5.62. The van der Waals surface area contributed by atoms with Crippen LogP contribution in [0.15, 0.2) is 197 Å². The Hall–Kier alpha value is -6.50. The third-order valence-electron chi connectivity index (χ3n) is 17.4. The van der Waals surface area contributed by atoms with Crippen LogP contribution in [0, 0.1) is 0 Å². The van der Waals surface area contributed by atoms with Crippen LogP contribution in [0.4, 0.5) is 0 Å². The van der Waals surface area contributed by atoms with Gasteiger partial charge in [0.15, 0.2) is 0 Å². The SMILES string of the molecule is C=C(C)c1ccc(C(C)CC)cc1.C=CCCc1ccc(C(C)CC)cc1.C=CCc1ccc(C(C)CC)cc1.C=Cc1cc(C=C)cc(C(C)CC)c1.CCC(C)c1ccc(C2CC=CCC2)cc1.CCC(C)c1ccc2c(c1)CC=C2. The van der Waals surface area contributed by atoms with E-state index in [2.05, 4.69) is 274 Å². The Morgan fingerprint density at radius 3 is 1.33 bits per heavy atom. The molecule has 0 saturated carbocycles. The van der Waals surface area contributed by atoms with Crippen molar-refractivity contribution in [1.82, 2.24) is 0 Å². The van der Waals surface area contributed by atoms with Crippen molar-refractivity contribution in [3.05, 3.63) is 275 Å². The highest BCUT2D eigenvalue weighted by atomic mass is 14.2. The van der Waals surface area contributed by atoms with Gasteiger partial charge < -0.3 is 0 Å². The maximum absolute atomic E-state index is 3.92. The minimum Gasteiger partial charge on any atom is -0.103 e. The zero-order chi connectivity index (χ0) is 61.1. The summed E-state index contributed by atoms with van der Waals surface area (Å²) >= 11 is 0. The van der Waals surface area contributed by atoms with Gasteiger partial charge in [0.1, 0.15) is 0 Å². The summed E-state index contributed by atoms with van der Waals surface area (Å²) in [6.07, 6.45) is 32.1. The molecule has 83 heavy (non-hydrogen) atoms. The molecule has 0 saturated heterocycles. The van der Waals surface area contributed by atoms with E-state index in [1.165, 1.54) is 129 Å². The van der Waals surface area contributed by atoms with E-state index in [1.54, 1.807) is 0 Å². The van der Waals surface area contributed by atoms with Crippen molar-refractivity contribution in [1.29, 1.82) is 0 Å². The van der Waals surface area contributed by atoms with E-state index in [1.807, 2.05) is 31.2 Å². The largest absolute Gasteiger partial charge is 0.103 e. The van der Waals surface area contributed by atoms with Gasteiger partial charge in [-0.25, -0.2) is 0 Å². The van der Waals surface area contributed by atoms with Crippen LogP contribution in [-0.4, -0.2) is 0 Å². The molecule has 0 fully saturated rings. The molecule has 0 amide bonds. The molecule has 0 radical (unpaired) electrons. The molecule has 444 valence electrons. The lowest BCUT2D eigenvalue weighted by atomic mass is 9.86. The number of benzene rings is 6. The summed E-state index contributed by atoms with van der Waals surface area (Å²) in [7, 11) is 0. The Morgan fingerprint density at radius 2 is 0.904 bits per heavy atom. The number of hydrogen-bond acceptors (Lipinski definition) is 0. The number of hydrogen-bond donors (Lipinski definition) is 0. The minimum absolute atomic E-state index is 0.605. The van der Waals surface area contributed by atoms with Gasteiger partial charge in [-0.2, -0.15) is 0 Å².